The van der Waals surface area contributed by atoms with E-state index in [-0.39, 0.29) is 0 Å². The van der Waals surface area contributed by atoms with Crippen LogP contribution >= 0.6 is 0 Å². The van der Waals surface area contributed by atoms with Crippen molar-refractivity contribution < 1.29 is 14.2 Å². The first-order chi connectivity index (χ1) is 10.7. The molecule has 120 valence electrons. The molecule has 0 atom stereocenters. The van der Waals surface area contributed by atoms with Crippen molar-refractivity contribution in [1.82, 2.24) is 20.2 Å². The molecule has 0 fully saturated rings. The van der Waals surface area contributed by atoms with Crippen LogP contribution in [0.1, 0.15) is 25.3 Å². The predicted octanol–water partition coefficient (Wildman–Crippen LogP) is 1.83. The standard InChI is InChI=1S/C15H22N4O3/c1-12(2)13-4-5-15(22-9-8-21-7-6-20-3)14(10-13)19-11-16-17-18-19/h4-5,10-12H,6-9H2,1-3H3. The summed E-state index contributed by atoms with van der Waals surface area (Å²) in [6.45, 7) is 6.39. The van der Waals surface area contributed by atoms with Crippen LogP contribution in [-0.2, 0) is 9.47 Å². The average Bonchev–Trinajstić information content (AvgIpc) is 3.05. The number of nitrogens with zero attached hydrogens (tertiary/aromatic N) is 4. The average molecular weight is 306 g/mol. The van der Waals surface area contributed by atoms with E-state index < -0.39 is 0 Å². The van der Waals surface area contributed by atoms with Gasteiger partial charge < -0.3 is 14.2 Å². The first-order valence-corrected chi connectivity index (χ1v) is 7.29. The molecule has 1 aromatic heterocycles. The molecular formula is C15H22N4O3. The molecule has 0 bridgehead atoms. The highest BCUT2D eigenvalue weighted by molar-refractivity contribution is 5.48. The Morgan fingerprint density at radius 1 is 1.14 bits per heavy atom. The third-order valence-electron chi connectivity index (χ3n) is 3.16. The number of benzene rings is 1. The van der Waals surface area contributed by atoms with E-state index in [4.69, 9.17) is 14.2 Å². The van der Waals surface area contributed by atoms with Crippen LogP contribution in [-0.4, -0.2) is 53.7 Å². The summed E-state index contributed by atoms with van der Waals surface area (Å²) < 4.78 is 17.7. The van der Waals surface area contributed by atoms with Gasteiger partial charge in [-0.25, -0.2) is 0 Å². The number of methoxy groups -OCH3 is 1. The van der Waals surface area contributed by atoms with E-state index in [1.165, 1.54) is 5.56 Å². The van der Waals surface area contributed by atoms with E-state index in [1.807, 2.05) is 12.1 Å². The van der Waals surface area contributed by atoms with Crippen molar-refractivity contribution in [2.75, 3.05) is 33.5 Å². The van der Waals surface area contributed by atoms with E-state index in [0.717, 1.165) is 11.4 Å². The molecule has 2 rings (SSSR count). The third-order valence-corrected chi connectivity index (χ3v) is 3.16. The van der Waals surface area contributed by atoms with Crippen LogP contribution in [0.25, 0.3) is 5.69 Å². The topological polar surface area (TPSA) is 71.3 Å². The SMILES string of the molecule is COCCOCCOc1ccc(C(C)C)cc1-n1cnnn1. The van der Waals surface area contributed by atoms with E-state index in [1.54, 1.807) is 18.1 Å². The summed E-state index contributed by atoms with van der Waals surface area (Å²) in [5.74, 6) is 1.15. The Hall–Kier alpha value is -1.99. The van der Waals surface area contributed by atoms with Gasteiger partial charge in [-0.15, -0.1) is 5.10 Å². The van der Waals surface area contributed by atoms with Crippen LogP contribution < -0.4 is 4.74 Å². The van der Waals surface area contributed by atoms with Crippen LogP contribution in [0.4, 0.5) is 0 Å². The van der Waals surface area contributed by atoms with Gasteiger partial charge in [0.1, 0.15) is 24.4 Å². The summed E-state index contributed by atoms with van der Waals surface area (Å²) in [4.78, 5) is 0. The van der Waals surface area contributed by atoms with Crippen molar-refractivity contribution in [2.24, 2.45) is 0 Å². The summed E-state index contributed by atoms with van der Waals surface area (Å²) in [5, 5.41) is 11.3. The highest BCUT2D eigenvalue weighted by Gasteiger charge is 2.10. The second-order valence-corrected chi connectivity index (χ2v) is 5.09. The lowest BCUT2D eigenvalue weighted by Crippen LogP contribution is -2.11. The van der Waals surface area contributed by atoms with Crippen LogP contribution in [0.5, 0.6) is 5.75 Å². The van der Waals surface area contributed by atoms with Crippen molar-refractivity contribution in [2.45, 2.75) is 19.8 Å². The quantitative estimate of drug-likeness (QED) is 0.658. The van der Waals surface area contributed by atoms with Crippen LogP contribution in [0.15, 0.2) is 24.5 Å². The second-order valence-electron chi connectivity index (χ2n) is 5.09. The van der Waals surface area contributed by atoms with Crippen molar-refractivity contribution in [3.8, 4) is 11.4 Å². The first kappa shape index (κ1) is 16.4. The molecule has 22 heavy (non-hydrogen) atoms. The lowest BCUT2D eigenvalue weighted by atomic mass is 10.0. The van der Waals surface area contributed by atoms with E-state index >= 15 is 0 Å². The van der Waals surface area contributed by atoms with E-state index in [2.05, 4.69) is 35.4 Å². The molecule has 0 spiro atoms. The molecule has 0 unspecified atom stereocenters. The smallest absolute Gasteiger partial charge is 0.145 e. The second kappa shape index (κ2) is 8.45. The fourth-order valence-electron chi connectivity index (χ4n) is 1.92. The Labute approximate surface area is 130 Å². The molecule has 1 heterocycles. The van der Waals surface area contributed by atoms with Gasteiger partial charge in [0.25, 0.3) is 0 Å². The minimum Gasteiger partial charge on any atom is -0.489 e. The number of hydrogen-bond acceptors (Lipinski definition) is 6. The zero-order chi connectivity index (χ0) is 15.8. The minimum atomic E-state index is 0.418. The largest absolute Gasteiger partial charge is 0.489 e. The number of tetrazole rings is 1. The lowest BCUT2D eigenvalue weighted by molar-refractivity contribution is 0.0544. The molecule has 0 aliphatic rings. The summed E-state index contributed by atoms with van der Waals surface area (Å²) in [5.41, 5.74) is 2.03. The molecule has 0 aliphatic carbocycles. The van der Waals surface area contributed by atoms with Gasteiger partial charge in [0.2, 0.25) is 0 Å². The van der Waals surface area contributed by atoms with Crippen molar-refractivity contribution >= 4 is 0 Å². The number of hydrogen-bond donors (Lipinski definition) is 0. The Morgan fingerprint density at radius 3 is 2.64 bits per heavy atom. The Kier molecular flexibility index (Phi) is 6.29. The zero-order valence-corrected chi connectivity index (χ0v) is 13.2. The number of aromatic nitrogens is 4. The van der Waals surface area contributed by atoms with E-state index in [9.17, 15) is 0 Å². The van der Waals surface area contributed by atoms with Gasteiger partial charge in [-0.2, -0.15) is 4.68 Å². The zero-order valence-electron chi connectivity index (χ0n) is 13.2. The molecule has 7 nitrogen and oxygen atoms in total. The molecule has 0 aliphatic heterocycles. The molecule has 7 heteroatoms. The molecule has 0 radical (unpaired) electrons. The molecule has 0 saturated heterocycles. The molecular weight excluding hydrogens is 284 g/mol. The van der Waals surface area contributed by atoms with Gasteiger partial charge in [0, 0.05) is 7.11 Å². The monoisotopic (exact) mass is 306 g/mol. The van der Waals surface area contributed by atoms with Gasteiger partial charge in [-0.1, -0.05) is 19.9 Å². The molecule has 0 saturated carbocycles. The van der Waals surface area contributed by atoms with Crippen LogP contribution in [0.2, 0.25) is 0 Å². The minimum absolute atomic E-state index is 0.418. The highest BCUT2D eigenvalue weighted by Crippen LogP contribution is 2.26. The predicted molar refractivity (Wildman–Crippen MR) is 81.4 cm³/mol. The molecule has 2 aromatic rings. The maximum atomic E-state index is 5.79. The van der Waals surface area contributed by atoms with Gasteiger partial charge in [-0.05, 0) is 34.0 Å². The number of ether oxygens (including phenoxy) is 3. The fourth-order valence-corrected chi connectivity index (χ4v) is 1.92. The Morgan fingerprint density at radius 2 is 1.95 bits per heavy atom. The molecule has 0 N–H and O–H groups in total. The van der Waals surface area contributed by atoms with Crippen LogP contribution in [0.3, 0.4) is 0 Å². The number of rotatable bonds is 9. The van der Waals surface area contributed by atoms with Crippen molar-refractivity contribution in [3.63, 3.8) is 0 Å². The molecule has 0 amide bonds. The van der Waals surface area contributed by atoms with Crippen LogP contribution in [0, 0.1) is 0 Å². The lowest BCUT2D eigenvalue weighted by Gasteiger charge is -2.14. The van der Waals surface area contributed by atoms with E-state index in [0.29, 0.717) is 32.3 Å². The summed E-state index contributed by atoms with van der Waals surface area (Å²) >= 11 is 0. The van der Waals surface area contributed by atoms with Gasteiger partial charge in [0.05, 0.1) is 19.8 Å². The Balaban J connectivity index is 2.03. The normalized spacial score (nSPS) is 11.1. The highest BCUT2D eigenvalue weighted by atomic mass is 16.5. The third kappa shape index (κ3) is 4.51. The summed E-state index contributed by atoms with van der Waals surface area (Å²) in [6, 6.07) is 6.04. The fraction of sp³-hybridized carbons (Fsp3) is 0.533. The maximum absolute atomic E-state index is 5.79. The summed E-state index contributed by atoms with van der Waals surface area (Å²) in [7, 11) is 1.65. The van der Waals surface area contributed by atoms with Crippen molar-refractivity contribution in [3.05, 3.63) is 30.1 Å². The Bertz CT molecular complexity index is 558. The molecule has 1 aromatic carbocycles. The van der Waals surface area contributed by atoms with Gasteiger partial charge >= 0.3 is 0 Å². The van der Waals surface area contributed by atoms with Gasteiger partial charge in [-0.3, -0.25) is 0 Å². The summed E-state index contributed by atoms with van der Waals surface area (Å²) in [6.07, 6.45) is 1.56. The van der Waals surface area contributed by atoms with Crippen molar-refractivity contribution in [1.29, 1.82) is 0 Å². The van der Waals surface area contributed by atoms with Gasteiger partial charge in [0.15, 0.2) is 0 Å². The first-order valence-electron chi connectivity index (χ1n) is 7.29. The maximum Gasteiger partial charge on any atom is 0.145 e.